The smallest absolute Gasteiger partial charge is 0.419 e. The fraction of sp³-hybridized carbons (Fsp3) is 0.160. The van der Waals surface area contributed by atoms with E-state index < -0.39 is 12.0 Å². The van der Waals surface area contributed by atoms with E-state index >= 15 is 0 Å². The van der Waals surface area contributed by atoms with Crippen LogP contribution in [0, 0.1) is 13.8 Å². The second kappa shape index (κ2) is 9.34. The molecule has 3 aromatic rings. The lowest BCUT2D eigenvalue weighted by molar-refractivity contribution is -0.116. The molecule has 0 atom stereocenters. The lowest BCUT2D eigenvalue weighted by Gasteiger charge is -2.05. The maximum atomic E-state index is 11.4. The number of benzene rings is 2. The molecule has 1 fully saturated rings. The average Bonchev–Trinajstić information content (AvgIpc) is 3.30. The van der Waals surface area contributed by atoms with E-state index in [0.717, 1.165) is 33.9 Å². The van der Waals surface area contributed by atoms with Crippen LogP contribution in [0.1, 0.15) is 22.6 Å². The van der Waals surface area contributed by atoms with Crippen LogP contribution in [-0.4, -0.2) is 23.6 Å². The summed E-state index contributed by atoms with van der Waals surface area (Å²) in [6, 6.07) is 15.6. The number of carbonyl (C=O) groups excluding carboxylic acids is 2. The van der Waals surface area contributed by atoms with Gasteiger partial charge in [0.1, 0.15) is 11.5 Å². The summed E-state index contributed by atoms with van der Waals surface area (Å²) in [6.45, 7) is 4.42. The zero-order valence-corrected chi connectivity index (χ0v) is 17.8. The predicted molar refractivity (Wildman–Crippen MR) is 119 cm³/mol. The Morgan fingerprint density at radius 2 is 1.91 bits per heavy atom. The molecule has 2 amide bonds. The number of nitrogens with one attached hydrogen (secondary N) is 1. The van der Waals surface area contributed by atoms with Crippen LogP contribution in [0.3, 0.4) is 0 Å². The molecule has 0 unspecified atom stereocenters. The van der Waals surface area contributed by atoms with Crippen molar-refractivity contribution in [3.05, 3.63) is 89.0 Å². The van der Waals surface area contributed by atoms with Crippen LogP contribution in [0.25, 0.3) is 17.5 Å². The first-order valence-electron chi connectivity index (χ1n) is 10.2. The van der Waals surface area contributed by atoms with Gasteiger partial charge in [0, 0.05) is 12.0 Å². The Hall–Kier alpha value is -4.13. The van der Waals surface area contributed by atoms with Gasteiger partial charge in [-0.1, -0.05) is 42.0 Å². The van der Waals surface area contributed by atoms with Crippen LogP contribution in [0.5, 0.6) is 5.75 Å². The summed E-state index contributed by atoms with van der Waals surface area (Å²) >= 11 is 0. The third kappa shape index (κ3) is 5.13. The number of hydrogen-bond acceptors (Lipinski definition) is 6. The molecule has 162 valence electrons. The number of nitrogens with zero attached hydrogens (tertiary/aromatic N) is 1. The maximum absolute atomic E-state index is 11.4. The van der Waals surface area contributed by atoms with Gasteiger partial charge in [0.05, 0.1) is 12.3 Å². The molecule has 1 aliphatic rings. The summed E-state index contributed by atoms with van der Waals surface area (Å²) in [5, 5.41) is 2.04. The van der Waals surface area contributed by atoms with Crippen LogP contribution in [-0.2, 0) is 16.0 Å². The number of cyclic esters (lactones) is 1. The fourth-order valence-electron chi connectivity index (χ4n) is 3.18. The van der Waals surface area contributed by atoms with Gasteiger partial charge < -0.3 is 13.9 Å². The standard InChI is InChI=1S/C25H22N2O5/c1-16-5-3-7-19(15-16)24-26-21(17(2)31-24)13-14-30-20-11-9-18(10-12-20)6-4-8-22-23(28)27-25(29)32-22/h3-12,15H,13-14H2,1-2H3,(H,27,28,29). The Bertz CT molecular complexity index is 1210. The van der Waals surface area contributed by atoms with Crippen molar-refractivity contribution in [3.63, 3.8) is 0 Å². The summed E-state index contributed by atoms with van der Waals surface area (Å²) in [4.78, 5) is 27.0. The van der Waals surface area contributed by atoms with Crippen molar-refractivity contribution in [2.75, 3.05) is 6.61 Å². The van der Waals surface area contributed by atoms with Gasteiger partial charge >= 0.3 is 6.09 Å². The molecule has 0 aliphatic carbocycles. The Balaban J connectivity index is 1.30. The number of amides is 2. The molecule has 2 aromatic carbocycles. The molecule has 7 heteroatoms. The molecule has 1 N–H and O–H groups in total. The number of carbonyl (C=O) groups is 2. The van der Waals surface area contributed by atoms with Crippen LogP contribution < -0.4 is 10.1 Å². The van der Waals surface area contributed by atoms with E-state index in [4.69, 9.17) is 13.9 Å². The summed E-state index contributed by atoms with van der Waals surface area (Å²) in [7, 11) is 0. The molecule has 4 rings (SSSR count). The third-order valence-electron chi connectivity index (χ3n) is 4.82. The summed E-state index contributed by atoms with van der Waals surface area (Å²) in [5.41, 5.74) is 3.91. The number of aromatic nitrogens is 1. The number of imide groups is 1. The van der Waals surface area contributed by atoms with Crippen molar-refractivity contribution in [3.8, 4) is 17.2 Å². The van der Waals surface area contributed by atoms with Crippen molar-refractivity contribution in [1.29, 1.82) is 0 Å². The molecule has 0 saturated carbocycles. The van der Waals surface area contributed by atoms with Crippen molar-refractivity contribution in [2.24, 2.45) is 0 Å². The monoisotopic (exact) mass is 430 g/mol. The second-order valence-corrected chi connectivity index (χ2v) is 7.29. The highest BCUT2D eigenvalue weighted by atomic mass is 16.6. The Morgan fingerprint density at radius 3 is 2.62 bits per heavy atom. The molecular weight excluding hydrogens is 408 g/mol. The van der Waals surface area contributed by atoms with Crippen LogP contribution in [0.4, 0.5) is 4.79 Å². The molecule has 1 saturated heterocycles. The van der Waals surface area contributed by atoms with Gasteiger partial charge in [0.25, 0.3) is 5.91 Å². The molecule has 0 spiro atoms. The normalized spacial score (nSPS) is 14.8. The minimum atomic E-state index is -0.761. The molecule has 2 heterocycles. The molecule has 7 nitrogen and oxygen atoms in total. The quantitative estimate of drug-likeness (QED) is 0.545. The first-order valence-corrected chi connectivity index (χ1v) is 10.2. The number of aryl methyl sites for hydroxylation is 2. The number of ether oxygens (including phenoxy) is 2. The number of rotatable bonds is 7. The molecule has 32 heavy (non-hydrogen) atoms. The number of alkyl carbamates (subject to hydrolysis) is 1. The van der Waals surface area contributed by atoms with Crippen molar-refractivity contribution < 1.29 is 23.5 Å². The second-order valence-electron chi connectivity index (χ2n) is 7.29. The Labute approximate surface area is 185 Å². The Kier molecular flexibility index (Phi) is 6.17. The fourth-order valence-corrected chi connectivity index (χ4v) is 3.18. The zero-order chi connectivity index (χ0) is 22.5. The van der Waals surface area contributed by atoms with Crippen molar-refractivity contribution >= 4 is 18.1 Å². The van der Waals surface area contributed by atoms with Gasteiger partial charge in [-0.25, -0.2) is 9.78 Å². The predicted octanol–water partition coefficient (Wildman–Crippen LogP) is 4.74. The highest BCUT2D eigenvalue weighted by Crippen LogP contribution is 2.23. The van der Waals surface area contributed by atoms with Gasteiger partial charge in [-0.05, 0) is 49.8 Å². The number of allylic oxidation sites excluding steroid dienone is 2. The van der Waals surface area contributed by atoms with Gasteiger partial charge in [-0.2, -0.15) is 0 Å². The van der Waals surface area contributed by atoms with Crippen LogP contribution in [0.2, 0.25) is 0 Å². The maximum Gasteiger partial charge on any atom is 0.419 e. The molecular formula is C25H22N2O5. The third-order valence-corrected chi connectivity index (χ3v) is 4.82. The largest absolute Gasteiger partial charge is 0.493 e. The first kappa shape index (κ1) is 21.1. The number of oxazole rings is 1. The molecule has 0 radical (unpaired) electrons. The van der Waals surface area contributed by atoms with E-state index in [0.29, 0.717) is 18.9 Å². The van der Waals surface area contributed by atoms with Gasteiger partial charge in [-0.3, -0.25) is 10.1 Å². The van der Waals surface area contributed by atoms with E-state index in [2.05, 4.69) is 4.98 Å². The summed E-state index contributed by atoms with van der Waals surface area (Å²) in [5.74, 6) is 1.58. The highest BCUT2D eigenvalue weighted by Gasteiger charge is 2.25. The minimum Gasteiger partial charge on any atom is -0.493 e. The van der Waals surface area contributed by atoms with E-state index in [1.807, 2.05) is 67.7 Å². The minimum absolute atomic E-state index is 0.0279. The lowest BCUT2D eigenvalue weighted by atomic mass is 10.1. The van der Waals surface area contributed by atoms with E-state index in [1.165, 1.54) is 6.08 Å². The summed E-state index contributed by atoms with van der Waals surface area (Å²) in [6.07, 6.45) is 4.75. The van der Waals surface area contributed by atoms with Gasteiger partial charge in [0.15, 0.2) is 5.76 Å². The van der Waals surface area contributed by atoms with E-state index in [-0.39, 0.29) is 5.76 Å². The van der Waals surface area contributed by atoms with Crippen LogP contribution >= 0.6 is 0 Å². The number of hydrogen-bond donors (Lipinski definition) is 1. The lowest BCUT2D eigenvalue weighted by Crippen LogP contribution is -2.18. The van der Waals surface area contributed by atoms with E-state index in [9.17, 15) is 9.59 Å². The highest BCUT2D eigenvalue weighted by molar-refractivity contribution is 6.07. The zero-order valence-electron chi connectivity index (χ0n) is 17.8. The molecule has 1 aliphatic heterocycles. The van der Waals surface area contributed by atoms with Gasteiger partial charge in [-0.15, -0.1) is 0 Å². The van der Waals surface area contributed by atoms with Gasteiger partial charge in [0.2, 0.25) is 5.89 Å². The molecule has 0 bridgehead atoms. The molecule has 1 aromatic heterocycles. The SMILES string of the molecule is Cc1cccc(-c2nc(CCOc3ccc(C=CC=C4OC(=O)NC4=O)cc3)c(C)o2)c1. The topological polar surface area (TPSA) is 90.7 Å². The Morgan fingerprint density at radius 1 is 1.09 bits per heavy atom. The van der Waals surface area contributed by atoms with E-state index in [1.54, 1.807) is 12.2 Å². The van der Waals surface area contributed by atoms with Crippen LogP contribution in [0.15, 0.2) is 70.9 Å². The first-order chi connectivity index (χ1) is 15.5. The van der Waals surface area contributed by atoms with Crippen molar-refractivity contribution in [1.82, 2.24) is 10.3 Å². The van der Waals surface area contributed by atoms with Crippen molar-refractivity contribution in [2.45, 2.75) is 20.3 Å². The average molecular weight is 430 g/mol. The summed E-state index contributed by atoms with van der Waals surface area (Å²) < 4.78 is 16.4.